The molecule has 1 aliphatic rings. The smallest absolute Gasteiger partial charge is 0.410 e. The van der Waals surface area contributed by atoms with Crippen LogP contribution < -0.4 is 0 Å². The van der Waals surface area contributed by atoms with Crippen LogP contribution in [0.1, 0.15) is 20.8 Å². The van der Waals surface area contributed by atoms with E-state index in [9.17, 15) is 14.7 Å². The number of hydrogen-bond acceptors (Lipinski definition) is 5. The van der Waals surface area contributed by atoms with Gasteiger partial charge in [0.05, 0.1) is 13.2 Å². The molecule has 1 amide bonds. The summed E-state index contributed by atoms with van der Waals surface area (Å²) in [5.41, 5.74) is -0.638. The Morgan fingerprint density at radius 3 is 2.50 bits per heavy atom. The van der Waals surface area contributed by atoms with E-state index in [1.54, 1.807) is 20.8 Å². The number of carbonyl (C=O) groups is 2. The maximum atomic E-state index is 11.8. The summed E-state index contributed by atoms with van der Waals surface area (Å²) >= 11 is 0. The van der Waals surface area contributed by atoms with E-state index < -0.39 is 29.9 Å². The number of carboxylic acid groups (broad SMARTS) is 1. The van der Waals surface area contributed by atoms with Gasteiger partial charge >= 0.3 is 12.1 Å². The number of aliphatic hydroxyl groups excluding tert-OH is 1. The van der Waals surface area contributed by atoms with Gasteiger partial charge in [-0.15, -0.1) is 0 Å². The summed E-state index contributed by atoms with van der Waals surface area (Å²) < 4.78 is 10.1. The zero-order valence-electron chi connectivity index (χ0n) is 10.8. The maximum Gasteiger partial charge on any atom is 0.410 e. The quantitative estimate of drug-likeness (QED) is 0.693. The van der Waals surface area contributed by atoms with Crippen LogP contribution in [0.4, 0.5) is 4.79 Å². The lowest BCUT2D eigenvalue weighted by molar-refractivity contribution is -0.156. The number of nitrogens with zero attached hydrogens (tertiary/aromatic N) is 1. The van der Waals surface area contributed by atoms with Crippen LogP contribution in [-0.4, -0.2) is 64.7 Å². The van der Waals surface area contributed by atoms with E-state index in [-0.39, 0.29) is 19.7 Å². The van der Waals surface area contributed by atoms with Crippen molar-refractivity contribution in [2.24, 2.45) is 0 Å². The molecule has 2 N–H and O–H groups in total. The largest absolute Gasteiger partial charge is 0.479 e. The number of β-amino-alcohol motifs (C(OH)–C–C–N with tert-alkyl or cyclic N) is 1. The molecule has 18 heavy (non-hydrogen) atoms. The molecule has 1 heterocycles. The summed E-state index contributed by atoms with van der Waals surface area (Å²) in [6, 6.07) is 0. The number of carboxylic acids is 1. The molecular formula is C11H19NO6. The zero-order chi connectivity index (χ0) is 13.9. The van der Waals surface area contributed by atoms with Gasteiger partial charge in [-0.1, -0.05) is 0 Å². The number of hydrogen-bond donors (Lipinski definition) is 2. The average Bonchev–Trinajstić information content (AvgIpc) is 2.37. The summed E-state index contributed by atoms with van der Waals surface area (Å²) in [6.07, 6.45) is -3.16. The first-order chi connectivity index (χ1) is 8.20. The van der Waals surface area contributed by atoms with E-state index >= 15 is 0 Å². The molecule has 1 fully saturated rings. The minimum Gasteiger partial charge on any atom is -0.479 e. The van der Waals surface area contributed by atoms with Crippen molar-refractivity contribution in [3.63, 3.8) is 0 Å². The molecule has 1 saturated heterocycles. The van der Waals surface area contributed by atoms with Crippen LogP contribution in [0.25, 0.3) is 0 Å². The second kappa shape index (κ2) is 5.53. The molecule has 0 aromatic rings. The first kappa shape index (κ1) is 14.7. The van der Waals surface area contributed by atoms with E-state index in [0.29, 0.717) is 0 Å². The van der Waals surface area contributed by atoms with Crippen molar-refractivity contribution in [1.29, 1.82) is 0 Å². The normalized spacial score (nSPS) is 25.4. The van der Waals surface area contributed by atoms with Crippen molar-refractivity contribution in [2.75, 3.05) is 19.7 Å². The summed E-state index contributed by atoms with van der Waals surface area (Å²) in [4.78, 5) is 23.8. The van der Waals surface area contributed by atoms with Crippen LogP contribution in [0.15, 0.2) is 0 Å². The van der Waals surface area contributed by atoms with Gasteiger partial charge in [0.1, 0.15) is 11.7 Å². The highest BCUT2D eigenvalue weighted by atomic mass is 16.6. The summed E-state index contributed by atoms with van der Waals surface area (Å²) in [5, 5.41) is 18.5. The van der Waals surface area contributed by atoms with E-state index in [1.165, 1.54) is 4.90 Å². The van der Waals surface area contributed by atoms with Crippen molar-refractivity contribution >= 4 is 12.1 Å². The average molecular weight is 261 g/mol. The van der Waals surface area contributed by atoms with Gasteiger partial charge in [0.2, 0.25) is 0 Å². The van der Waals surface area contributed by atoms with Crippen LogP contribution in [0.5, 0.6) is 0 Å². The Bertz CT molecular complexity index is 324. The molecule has 0 radical (unpaired) electrons. The van der Waals surface area contributed by atoms with Gasteiger partial charge in [-0.05, 0) is 20.8 Å². The fourth-order valence-corrected chi connectivity index (χ4v) is 1.54. The highest BCUT2D eigenvalue weighted by Crippen LogP contribution is 2.13. The Kier molecular flexibility index (Phi) is 4.53. The molecule has 7 heteroatoms. The van der Waals surface area contributed by atoms with Crippen molar-refractivity contribution in [2.45, 2.75) is 38.6 Å². The minimum atomic E-state index is -1.31. The standard InChI is InChI=1S/C11H19NO6/c1-11(2,3)18-10(16)12-4-5-17-8(9(14)15)7(13)6-12/h7-8,13H,4-6H2,1-3H3,(H,14,15)/t7-,8+/m1/s1. The predicted molar refractivity (Wildman–Crippen MR) is 61.2 cm³/mol. The molecular weight excluding hydrogens is 242 g/mol. The molecule has 0 aliphatic carbocycles. The Labute approximate surface area is 105 Å². The van der Waals surface area contributed by atoms with Gasteiger partial charge in [0, 0.05) is 6.54 Å². The Morgan fingerprint density at radius 1 is 1.39 bits per heavy atom. The van der Waals surface area contributed by atoms with Gasteiger partial charge in [-0.3, -0.25) is 0 Å². The molecule has 1 aliphatic heterocycles. The topological polar surface area (TPSA) is 96.3 Å². The van der Waals surface area contributed by atoms with Crippen LogP contribution in [0.2, 0.25) is 0 Å². The Hall–Kier alpha value is -1.34. The Balaban J connectivity index is 2.65. The highest BCUT2D eigenvalue weighted by Gasteiger charge is 2.34. The molecule has 0 unspecified atom stereocenters. The SMILES string of the molecule is CC(C)(C)OC(=O)N1CCO[C@H](C(=O)O)[C@H](O)C1. The number of carbonyl (C=O) groups excluding carboxylic acids is 1. The highest BCUT2D eigenvalue weighted by molar-refractivity contribution is 5.73. The number of ether oxygens (including phenoxy) is 2. The van der Waals surface area contributed by atoms with Crippen molar-refractivity contribution in [1.82, 2.24) is 4.90 Å². The zero-order valence-corrected chi connectivity index (χ0v) is 10.8. The van der Waals surface area contributed by atoms with E-state index in [4.69, 9.17) is 14.6 Å². The van der Waals surface area contributed by atoms with Gasteiger partial charge in [-0.2, -0.15) is 0 Å². The lowest BCUT2D eigenvalue weighted by atomic mass is 10.2. The van der Waals surface area contributed by atoms with Gasteiger partial charge in [0.15, 0.2) is 6.10 Å². The monoisotopic (exact) mass is 261 g/mol. The first-order valence-electron chi connectivity index (χ1n) is 5.71. The molecule has 0 bridgehead atoms. The van der Waals surface area contributed by atoms with E-state index in [1.807, 2.05) is 0 Å². The number of aliphatic carboxylic acids is 1. The first-order valence-corrected chi connectivity index (χ1v) is 5.71. The minimum absolute atomic E-state index is 0.0489. The van der Waals surface area contributed by atoms with Crippen molar-refractivity contribution < 1.29 is 29.3 Å². The molecule has 1 rings (SSSR count). The third-order valence-electron chi connectivity index (χ3n) is 2.31. The fourth-order valence-electron chi connectivity index (χ4n) is 1.54. The Morgan fingerprint density at radius 2 is 2.00 bits per heavy atom. The van der Waals surface area contributed by atoms with Crippen molar-refractivity contribution in [3.8, 4) is 0 Å². The third-order valence-corrected chi connectivity index (χ3v) is 2.31. The van der Waals surface area contributed by atoms with Crippen LogP contribution in [0.3, 0.4) is 0 Å². The van der Waals surface area contributed by atoms with Gasteiger partial charge < -0.3 is 24.6 Å². The van der Waals surface area contributed by atoms with E-state index in [2.05, 4.69) is 0 Å². The number of rotatable bonds is 1. The predicted octanol–water partition coefficient (Wildman–Crippen LogP) is 0.0678. The second-order valence-corrected chi connectivity index (χ2v) is 5.12. The number of amides is 1. The van der Waals surface area contributed by atoms with Crippen molar-refractivity contribution in [3.05, 3.63) is 0 Å². The molecule has 0 spiro atoms. The van der Waals surface area contributed by atoms with Gasteiger partial charge in [-0.25, -0.2) is 9.59 Å². The molecule has 0 aromatic heterocycles. The molecule has 2 atom stereocenters. The fraction of sp³-hybridized carbons (Fsp3) is 0.818. The lowest BCUT2D eigenvalue weighted by Gasteiger charge is -2.27. The van der Waals surface area contributed by atoms with Crippen LogP contribution >= 0.6 is 0 Å². The maximum absolute atomic E-state index is 11.8. The van der Waals surface area contributed by atoms with E-state index in [0.717, 1.165) is 0 Å². The summed E-state index contributed by atoms with van der Waals surface area (Å²) in [7, 11) is 0. The number of aliphatic hydroxyl groups is 1. The van der Waals surface area contributed by atoms with Crippen LogP contribution in [-0.2, 0) is 14.3 Å². The van der Waals surface area contributed by atoms with Gasteiger partial charge in [0.25, 0.3) is 0 Å². The second-order valence-electron chi connectivity index (χ2n) is 5.12. The third kappa shape index (κ3) is 4.15. The lowest BCUT2D eigenvalue weighted by Crippen LogP contribution is -2.44. The molecule has 0 saturated carbocycles. The molecule has 0 aromatic carbocycles. The summed E-state index contributed by atoms with van der Waals surface area (Å²) in [6.45, 7) is 5.32. The molecule has 104 valence electrons. The summed E-state index contributed by atoms with van der Waals surface area (Å²) in [5.74, 6) is -1.24. The molecule has 7 nitrogen and oxygen atoms in total. The van der Waals surface area contributed by atoms with Crippen LogP contribution in [0, 0.1) is 0 Å².